The lowest BCUT2D eigenvalue weighted by Crippen LogP contribution is -2.57. The van der Waals surface area contributed by atoms with E-state index in [0.717, 1.165) is 34.9 Å². The lowest BCUT2D eigenvalue weighted by molar-refractivity contribution is -0.131. The highest BCUT2D eigenvalue weighted by Crippen LogP contribution is 2.19. The number of aliphatic hydroxyl groups is 1. The fraction of sp³-hybridized carbons (Fsp3) is 0.513. The number of pyridine rings is 1. The molecule has 0 aliphatic heterocycles. The fourth-order valence-corrected chi connectivity index (χ4v) is 5.57. The van der Waals surface area contributed by atoms with E-state index in [2.05, 4.69) is 26.3 Å². The normalized spacial score (nSPS) is 14.2. The summed E-state index contributed by atoms with van der Waals surface area (Å²) in [5.74, 6) is -0.868. The van der Waals surface area contributed by atoms with E-state index in [4.69, 9.17) is 4.74 Å². The van der Waals surface area contributed by atoms with Crippen LogP contribution in [-0.2, 0) is 32.1 Å². The average molecular weight is 690 g/mol. The monoisotopic (exact) mass is 689 g/mol. The molecule has 0 fully saturated rings. The third-order valence-electron chi connectivity index (χ3n) is 8.72. The van der Waals surface area contributed by atoms with Gasteiger partial charge in [0.2, 0.25) is 17.7 Å². The van der Waals surface area contributed by atoms with Crippen LogP contribution in [0.3, 0.4) is 0 Å². The SMILES string of the molecule is CCCC[C@H](NC(=O)[C@H](Cc1cccc2ncccc12)NC(=O)OCc1ccccc1)C(=O)N[C@@H](CC(C)C)[C@@H](O)CC(=O)NCC(C)CC. The van der Waals surface area contributed by atoms with Gasteiger partial charge in [0.1, 0.15) is 18.7 Å². The third-order valence-corrected chi connectivity index (χ3v) is 8.72. The number of carbonyl (C=O) groups is 4. The third kappa shape index (κ3) is 13.4. The van der Waals surface area contributed by atoms with Crippen molar-refractivity contribution in [3.8, 4) is 0 Å². The van der Waals surface area contributed by atoms with Gasteiger partial charge in [-0.1, -0.05) is 102 Å². The zero-order valence-electron chi connectivity index (χ0n) is 30.1. The molecule has 0 bridgehead atoms. The van der Waals surface area contributed by atoms with E-state index >= 15 is 0 Å². The van der Waals surface area contributed by atoms with Crippen molar-refractivity contribution >= 4 is 34.7 Å². The molecule has 1 unspecified atom stereocenters. The number of rotatable bonds is 20. The van der Waals surface area contributed by atoms with E-state index in [1.54, 1.807) is 6.20 Å². The Hall–Kier alpha value is -4.51. The van der Waals surface area contributed by atoms with Gasteiger partial charge >= 0.3 is 6.09 Å². The van der Waals surface area contributed by atoms with E-state index in [9.17, 15) is 24.3 Å². The Labute approximate surface area is 296 Å². The number of hydrogen-bond acceptors (Lipinski definition) is 7. The summed E-state index contributed by atoms with van der Waals surface area (Å²) in [5, 5.41) is 23.3. The minimum absolute atomic E-state index is 0.0238. The van der Waals surface area contributed by atoms with Crippen LogP contribution in [-0.4, -0.2) is 64.7 Å². The molecule has 0 aliphatic carbocycles. The molecule has 0 aliphatic rings. The highest BCUT2D eigenvalue weighted by atomic mass is 16.5. The summed E-state index contributed by atoms with van der Waals surface area (Å²) in [7, 11) is 0. The van der Waals surface area contributed by atoms with Crippen molar-refractivity contribution in [2.75, 3.05) is 6.54 Å². The highest BCUT2D eigenvalue weighted by molar-refractivity contribution is 5.92. The second kappa shape index (κ2) is 20.9. The molecule has 1 heterocycles. The van der Waals surface area contributed by atoms with Gasteiger partial charge in [0.05, 0.1) is 24.1 Å². The maximum atomic E-state index is 14.0. The van der Waals surface area contributed by atoms with Crippen molar-refractivity contribution in [1.29, 1.82) is 0 Å². The van der Waals surface area contributed by atoms with Crippen LogP contribution in [0.4, 0.5) is 4.79 Å². The number of unbranched alkanes of at least 4 members (excludes halogenated alkanes) is 1. The summed E-state index contributed by atoms with van der Waals surface area (Å²) in [4.78, 5) is 57.8. The summed E-state index contributed by atoms with van der Waals surface area (Å²) in [6.45, 7) is 10.6. The lowest BCUT2D eigenvalue weighted by atomic mass is 9.96. The Kier molecular flexibility index (Phi) is 16.7. The second-order valence-electron chi connectivity index (χ2n) is 13.5. The number of hydrogen-bond donors (Lipinski definition) is 5. The van der Waals surface area contributed by atoms with Crippen LogP contribution in [0.1, 0.15) is 84.3 Å². The molecule has 11 heteroatoms. The number of amides is 4. The Morgan fingerprint density at radius 2 is 1.60 bits per heavy atom. The summed E-state index contributed by atoms with van der Waals surface area (Å²) in [6.07, 6.45) is 2.91. The van der Waals surface area contributed by atoms with Gasteiger partial charge in [-0.15, -0.1) is 0 Å². The Bertz CT molecular complexity index is 1510. The van der Waals surface area contributed by atoms with Crippen molar-refractivity contribution in [1.82, 2.24) is 26.3 Å². The first-order chi connectivity index (χ1) is 24.0. The molecular formula is C39H55N5O6. The van der Waals surface area contributed by atoms with Crippen LogP contribution in [0.25, 0.3) is 10.9 Å². The number of aliphatic hydroxyl groups excluding tert-OH is 1. The van der Waals surface area contributed by atoms with Crippen molar-refractivity contribution < 1.29 is 29.0 Å². The Balaban J connectivity index is 1.79. The minimum Gasteiger partial charge on any atom is -0.445 e. The predicted octanol–water partition coefficient (Wildman–Crippen LogP) is 5.19. The molecule has 5 N–H and O–H groups in total. The smallest absolute Gasteiger partial charge is 0.408 e. The van der Waals surface area contributed by atoms with Gasteiger partial charge in [0, 0.05) is 24.5 Å². The first-order valence-corrected chi connectivity index (χ1v) is 17.9. The van der Waals surface area contributed by atoms with Crippen LogP contribution < -0.4 is 21.3 Å². The first-order valence-electron chi connectivity index (χ1n) is 17.9. The number of ether oxygens (including phenoxy) is 1. The lowest BCUT2D eigenvalue weighted by Gasteiger charge is -2.29. The average Bonchev–Trinajstić information content (AvgIpc) is 3.11. The number of fused-ring (bicyclic) bond motifs is 1. The van der Waals surface area contributed by atoms with Gasteiger partial charge in [0.25, 0.3) is 0 Å². The van der Waals surface area contributed by atoms with Crippen molar-refractivity contribution in [2.24, 2.45) is 11.8 Å². The van der Waals surface area contributed by atoms with E-state index in [-0.39, 0.29) is 31.3 Å². The van der Waals surface area contributed by atoms with Crippen molar-refractivity contribution in [2.45, 2.75) is 110 Å². The number of aromatic nitrogens is 1. The van der Waals surface area contributed by atoms with Crippen LogP contribution in [0.2, 0.25) is 0 Å². The zero-order valence-corrected chi connectivity index (χ0v) is 30.1. The van der Waals surface area contributed by atoms with Crippen molar-refractivity contribution in [3.05, 3.63) is 78.0 Å². The summed E-state index contributed by atoms with van der Waals surface area (Å²) in [6, 6.07) is 15.8. The Morgan fingerprint density at radius 1 is 0.860 bits per heavy atom. The van der Waals surface area contributed by atoms with E-state index in [1.165, 1.54) is 0 Å². The molecule has 0 saturated carbocycles. The molecule has 2 aromatic carbocycles. The van der Waals surface area contributed by atoms with Gasteiger partial charge in [0.15, 0.2) is 0 Å². The molecular weight excluding hydrogens is 634 g/mol. The molecule has 50 heavy (non-hydrogen) atoms. The first kappa shape index (κ1) is 39.9. The molecule has 0 spiro atoms. The predicted molar refractivity (Wildman–Crippen MR) is 195 cm³/mol. The molecule has 4 amide bonds. The highest BCUT2D eigenvalue weighted by Gasteiger charge is 2.31. The number of nitrogens with zero attached hydrogens (tertiary/aromatic N) is 1. The molecule has 5 atom stereocenters. The van der Waals surface area contributed by atoms with Crippen LogP contribution in [0.15, 0.2) is 66.9 Å². The van der Waals surface area contributed by atoms with Crippen LogP contribution >= 0.6 is 0 Å². The molecule has 11 nitrogen and oxygen atoms in total. The van der Waals surface area contributed by atoms with Crippen molar-refractivity contribution in [3.63, 3.8) is 0 Å². The van der Waals surface area contributed by atoms with Gasteiger partial charge in [-0.2, -0.15) is 0 Å². The zero-order chi connectivity index (χ0) is 36.5. The topological polar surface area (TPSA) is 159 Å². The summed E-state index contributed by atoms with van der Waals surface area (Å²) >= 11 is 0. The Morgan fingerprint density at radius 3 is 2.30 bits per heavy atom. The van der Waals surface area contributed by atoms with Gasteiger partial charge in [-0.05, 0) is 47.9 Å². The number of benzene rings is 2. The van der Waals surface area contributed by atoms with E-state index < -0.39 is 42.1 Å². The number of alkyl carbamates (subject to hydrolysis) is 1. The van der Waals surface area contributed by atoms with E-state index in [0.29, 0.717) is 31.7 Å². The maximum absolute atomic E-state index is 14.0. The molecule has 1 aromatic heterocycles. The molecule has 272 valence electrons. The fourth-order valence-electron chi connectivity index (χ4n) is 5.57. The van der Waals surface area contributed by atoms with Gasteiger partial charge in [-0.25, -0.2) is 4.79 Å². The molecule has 0 radical (unpaired) electrons. The van der Waals surface area contributed by atoms with E-state index in [1.807, 2.05) is 95.3 Å². The van der Waals surface area contributed by atoms with Crippen LogP contribution in [0.5, 0.6) is 0 Å². The largest absolute Gasteiger partial charge is 0.445 e. The van der Waals surface area contributed by atoms with Gasteiger partial charge in [-0.3, -0.25) is 19.4 Å². The number of carbonyl (C=O) groups excluding carboxylic acids is 4. The molecule has 3 aromatic rings. The second-order valence-corrected chi connectivity index (χ2v) is 13.5. The minimum atomic E-state index is -1.12. The maximum Gasteiger partial charge on any atom is 0.408 e. The molecule has 0 saturated heterocycles. The number of nitrogens with one attached hydrogen (secondary N) is 4. The van der Waals surface area contributed by atoms with Crippen LogP contribution in [0, 0.1) is 11.8 Å². The quantitative estimate of drug-likeness (QED) is 0.109. The standard InChI is InChI=1S/C39H55N5O6/c1-6-8-18-32(37(47)43-33(21-26(3)4)35(45)23-36(46)41-24-27(5)7-2)42-38(48)34(44-39(49)50-25-28-14-10-9-11-15-28)22-29-16-12-19-31-30(29)17-13-20-40-31/h9-17,19-20,26-27,32-35,45H,6-8,18,21-25H2,1-5H3,(H,41,46)(H,42,48)(H,43,47)(H,44,49)/t27?,32-,33-,34-,35-/m0/s1. The molecule has 3 rings (SSSR count). The summed E-state index contributed by atoms with van der Waals surface area (Å²) in [5.41, 5.74) is 2.34. The summed E-state index contributed by atoms with van der Waals surface area (Å²) < 4.78 is 5.45. The van der Waals surface area contributed by atoms with Gasteiger partial charge < -0.3 is 31.1 Å².